The Morgan fingerprint density at radius 1 is 1.19 bits per heavy atom. The van der Waals surface area contributed by atoms with E-state index in [0.29, 0.717) is 43.9 Å². The minimum absolute atomic E-state index is 0.0675. The number of aliphatic hydroxyl groups is 2. The molecule has 7 nitrogen and oxygen atoms in total. The molecule has 5 unspecified atom stereocenters. The quantitative estimate of drug-likeness (QED) is 0.407. The Balaban J connectivity index is 1.33. The van der Waals surface area contributed by atoms with Gasteiger partial charge in [-0.15, -0.1) is 0 Å². The second-order valence-electron chi connectivity index (χ2n) is 10.6. The van der Waals surface area contributed by atoms with Crippen LogP contribution >= 0.6 is 0 Å². The van der Waals surface area contributed by atoms with Crippen LogP contribution in [0.3, 0.4) is 0 Å². The van der Waals surface area contributed by atoms with Crippen LogP contribution in [0.4, 0.5) is 5.82 Å². The van der Waals surface area contributed by atoms with Crippen LogP contribution in [0.15, 0.2) is 30.5 Å². The summed E-state index contributed by atoms with van der Waals surface area (Å²) >= 11 is 0. The van der Waals surface area contributed by atoms with Gasteiger partial charge < -0.3 is 30.5 Å². The van der Waals surface area contributed by atoms with Crippen LogP contribution in [-0.2, 0) is 17.8 Å². The third kappa shape index (κ3) is 8.36. The first-order valence-corrected chi connectivity index (χ1v) is 13.6. The number of aromatic nitrogens is 1. The predicted octanol–water partition coefficient (Wildman–Crippen LogP) is 4.49. The summed E-state index contributed by atoms with van der Waals surface area (Å²) in [5, 5.41) is 31.0. The van der Waals surface area contributed by atoms with E-state index in [4.69, 9.17) is 15.2 Å². The van der Waals surface area contributed by atoms with Gasteiger partial charge in [0.2, 0.25) is 0 Å². The van der Waals surface area contributed by atoms with E-state index in [1.165, 1.54) is 0 Å². The van der Waals surface area contributed by atoms with Crippen molar-refractivity contribution in [2.45, 2.75) is 102 Å². The number of pyridine rings is 1. The zero-order chi connectivity index (χ0) is 26.2. The Labute approximate surface area is 220 Å². The molecular weight excluding hydrogens is 468 g/mol. The SMILES string of the molecule is CC1C#Cc2cc(N)ncc2COC(CC(O)CCc2ccc(O)c(OC3CCCC(O)C3)c2)CCC1. The molecule has 0 spiro atoms. The fraction of sp³-hybridized carbons (Fsp3) is 0.567. The van der Waals surface area contributed by atoms with Crippen molar-refractivity contribution in [2.24, 2.45) is 5.92 Å². The molecule has 0 radical (unpaired) electrons. The van der Waals surface area contributed by atoms with Crippen LogP contribution in [0.25, 0.3) is 0 Å². The molecule has 0 saturated heterocycles. The van der Waals surface area contributed by atoms with Gasteiger partial charge in [-0.1, -0.05) is 24.8 Å². The number of aromatic hydroxyl groups is 1. The molecular formula is C30H40N2O5. The van der Waals surface area contributed by atoms with Crippen molar-refractivity contribution >= 4 is 5.82 Å². The highest BCUT2D eigenvalue weighted by Crippen LogP contribution is 2.32. The number of nitrogen functional groups attached to an aromatic ring is 1. The Morgan fingerprint density at radius 3 is 2.86 bits per heavy atom. The fourth-order valence-electron chi connectivity index (χ4n) is 5.10. The predicted molar refractivity (Wildman–Crippen MR) is 143 cm³/mol. The molecule has 37 heavy (non-hydrogen) atoms. The van der Waals surface area contributed by atoms with Crippen molar-refractivity contribution in [1.82, 2.24) is 4.98 Å². The van der Waals surface area contributed by atoms with Gasteiger partial charge in [0.05, 0.1) is 24.9 Å². The summed E-state index contributed by atoms with van der Waals surface area (Å²) in [6.45, 7) is 2.52. The summed E-state index contributed by atoms with van der Waals surface area (Å²) < 4.78 is 12.3. The van der Waals surface area contributed by atoms with E-state index >= 15 is 0 Å². The molecule has 2 aliphatic rings. The molecule has 5 N–H and O–H groups in total. The molecule has 4 rings (SSSR count). The Morgan fingerprint density at radius 2 is 2.03 bits per heavy atom. The van der Waals surface area contributed by atoms with Crippen LogP contribution in [0.5, 0.6) is 11.5 Å². The highest BCUT2D eigenvalue weighted by atomic mass is 16.5. The first-order chi connectivity index (χ1) is 17.9. The summed E-state index contributed by atoms with van der Waals surface area (Å²) in [6, 6.07) is 7.16. The van der Waals surface area contributed by atoms with E-state index in [2.05, 4.69) is 23.7 Å². The number of phenolic OH excluding ortho intramolecular Hbond substituents is 1. The average molecular weight is 509 g/mol. The summed E-state index contributed by atoms with van der Waals surface area (Å²) in [5.74, 6) is 7.82. The maximum atomic E-state index is 10.9. The number of benzene rings is 1. The molecule has 2 heterocycles. The minimum atomic E-state index is -0.514. The van der Waals surface area contributed by atoms with Crippen molar-refractivity contribution in [2.75, 3.05) is 5.73 Å². The molecule has 2 aromatic rings. The fourth-order valence-corrected chi connectivity index (χ4v) is 5.10. The third-order valence-corrected chi connectivity index (χ3v) is 7.32. The highest BCUT2D eigenvalue weighted by molar-refractivity contribution is 5.47. The molecule has 1 aliphatic heterocycles. The maximum absolute atomic E-state index is 10.9. The standard InChI is InChI=1S/C30H40N2O5/c1-20-4-2-6-26(36-19-23-18-32-30(31)15-22(23)11-8-20)16-25(34)12-9-21-10-13-28(35)29(14-21)37-27-7-3-5-24(33)17-27/h10,13-15,18,20,24-27,33-35H,2-7,9,12,16-17,19H2,1H3,(H2,31,32). The van der Waals surface area contributed by atoms with Crippen molar-refractivity contribution in [3.05, 3.63) is 47.2 Å². The lowest BCUT2D eigenvalue weighted by Gasteiger charge is -2.27. The Bertz CT molecular complexity index is 1100. The number of rotatable bonds is 7. The van der Waals surface area contributed by atoms with Crippen LogP contribution in [0.2, 0.25) is 0 Å². The third-order valence-electron chi connectivity index (χ3n) is 7.32. The maximum Gasteiger partial charge on any atom is 0.161 e. The van der Waals surface area contributed by atoms with Crippen molar-refractivity contribution < 1.29 is 24.8 Å². The topological polar surface area (TPSA) is 118 Å². The molecule has 0 bridgehead atoms. The van der Waals surface area contributed by atoms with E-state index in [-0.39, 0.29) is 30.0 Å². The second-order valence-corrected chi connectivity index (χ2v) is 10.6. The van der Waals surface area contributed by atoms with Gasteiger partial charge in [0, 0.05) is 29.7 Å². The number of ether oxygens (including phenoxy) is 2. The largest absolute Gasteiger partial charge is 0.504 e. The smallest absolute Gasteiger partial charge is 0.161 e. The normalized spacial score (nSPS) is 25.2. The number of hydrogen-bond donors (Lipinski definition) is 4. The summed E-state index contributed by atoms with van der Waals surface area (Å²) in [6.07, 6.45) is 8.53. The van der Waals surface area contributed by atoms with Gasteiger partial charge in [-0.25, -0.2) is 4.98 Å². The van der Waals surface area contributed by atoms with Crippen molar-refractivity contribution in [3.8, 4) is 23.3 Å². The number of anilines is 1. The van der Waals surface area contributed by atoms with E-state index in [1.54, 1.807) is 18.3 Å². The minimum Gasteiger partial charge on any atom is -0.504 e. The summed E-state index contributed by atoms with van der Waals surface area (Å²) in [5.41, 5.74) is 8.63. The lowest BCUT2D eigenvalue weighted by Crippen LogP contribution is -2.28. The number of aliphatic hydroxyl groups excluding tert-OH is 2. The molecule has 5 atom stereocenters. The van der Waals surface area contributed by atoms with Crippen LogP contribution in [0, 0.1) is 17.8 Å². The zero-order valence-corrected chi connectivity index (χ0v) is 21.7. The van der Waals surface area contributed by atoms with Gasteiger partial charge in [0.25, 0.3) is 0 Å². The molecule has 1 aliphatic carbocycles. The van der Waals surface area contributed by atoms with Crippen molar-refractivity contribution in [1.29, 1.82) is 0 Å². The first kappa shape index (κ1) is 27.3. The Hall–Kier alpha value is -2.79. The van der Waals surface area contributed by atoms with Crippen LogP contribution in [0.1, 0.15) is 81.4 Å². The lowest BCUT2D eigenvalue weighted by atomic mass is 9.95. The monoisotopic (exact) mass is 508 g/mol. The molecule has 1 saturated carbocycles. The van der Waals surface area contributed by atoms with E-state index in [0.717, 1.165) is 55.2 Å². The van der Waals surface area contributed by atoms with E-state index in [1.807, 2.05) is 12.1 Å². The lowest BCUT2D eigenvalue weighted by molar-refractivity contribution is -0.00375. The number of aryl methyl sites for hydroxylation is 1. The van der Waals surface area contributed by atoms with E-state index in [9.17, 15) is 15.3 Å². The van der Waals surface area contributed by atoms with Gasteiger partial charge in [-0.3, -0.25) is 0 Å². The van der Waals surface area contributed by atoms with Gasteiger partial charge in [0.15, 0.2) is 11.5 Å². The Kier molecular flexibility index (Phi) is 9.68. The molecule has 200 valence electrons. The average Bonchev–Trinajstić information content (AvgIpc) is 2.89. The number of fused-ring (bicyclic) bond motifs is 1. The van der Waals surface area contributed by atoms with Gasteiger partial charge >= 0.3 is 0 Å². The van der Waals surface area contributed by atoms with Crippen molar-refractivity contribution in [3.63, 3.8) is 0 Å². The van der Waals surface area contributed by atoms with Gasteiger partial charge in [-0.05, 0) is 81.5 Å². The molecule has 1 aromatic carbocycles. The zero-order valence-electron chi connectivity index (χ0n) is 21.7. The number of nitrogens with zero attached hydrogens (tertiary/aromatic N) is 1. The number of hydrogen-bond acceptors (Lipinski definition) is 7. The highest BCUT2D eigenvalue weighted by Gasteiger charge is 2.23. The molecule has 7 heteroatoms. The van der Waals surface area contributed by atoms with Crippen LogP contribution < -0.4 is 10.5 Å². The van der Waals surface area contributed by atoms with Crippen LogP contribution in [-0.4, -0.2) is 44.7 Å². The molecule has 1 aromatic heterocycles. The van der Waals surface area contributed by atoms with E-state index < -0.39 is 6.10 Å². The number of nitrogens with two attached hydrogens (primary N) is 1. The molecule has 1 fully saturated rings. The summed E-state index contributed by atoms with van der Waals surface area (Å²) in [4.78, 5) is 4.20. The first-order valence-electron chi connectivity index (χ1n) is 13.6. The summed E-state index contributed by atoms with van der Waals surface area (Å²) in [7, 11) is 0. The van der Waals surface area contributed by atoms with Gasteiger partial charge in [-0.2, -0.15) is 0 Å². The number of phenols is 1. The van der Waals surface area contributed by atoms with Gasteiger partial charge in [0.1, 0.15) is 11.9 Å². The molecule has 0 amide bonds. The second kappa shape index (κ2) is 13.1.